The monoisotopic (exact) mass is 171 g/mol. The van der Waals surface area contributed by atoms with Crippen molar-refractivity contribution in [3.8, 4) is 0 Å². The van der Waals surface area contributed by atoms with Crippen LogP contribution < -0.4 is 0 Å². The third kappa shape index (κ3) is 0.934. The van der Waals surface area contributed by atoms with Crippen LogP contribution in [0.15, 0.2) is 0 Å². The maximum atomic E-state index is 5.49. The van der Waals surface area contributed by atoms with Crippen molar-refractivity contribution >= 4 is 0 Å². The lowest BCUT2D eigenvalue weighted by atomic mass is 9.74. The molecule has 2 aliphatic heterocycles. The van der Waals surface area contributed by atoms with Crippen LogP contribution in [-0.4, -0.2) is 37.1 Å². The lowest BCUT2D eigenvalue weighted by Gasteiger charge is -2.40. The first-order valence-corrected chi connectivity index (χ1v) is 4.47. The summed E-state index contributed by atoms with van der Waals surface area (Å²) in [6.45, 7) is 9.86. The number of hydrogen-bond acceptors (Lipinski definition) is 3. The van der Waals surface area contributed by atoms with Crippen LogP contribution in [0.2, 0.25) is 0 Å². The highest BCUT2D eigenvalue weighted by molar-refractivity contribution is 5.03. The minimum atomic E-state index is 0.132. The van der Waals surface area contributed by atoms with Crippen LogP contribution in [0, 0.1) is 5.41 Å². The fourth-order valence-corrected chi connectivity index (χ4v) is 2.07. The molecule has 0 atom stereocenters. The first-order chi connectivity index (χ1) is 5.56. The van der Waals surface area contributed by atoms with Gasteiger partial charge in [-0.15, -0.1) is 0 Å². The van der Waals surface area contributed by atoms with E-state index in [4.69, 9.17) is 9.47 Å². The normalized spacial score (nSPS) is 29.2. The molecule has 12 heavy (non-hydrogen) atoms. The summed E-state index contributed by atoms with van der Waals surface area (Å²) in [4.78, 5) is 2.30. The van der Waals surface area contributed by atoms with Gasteiger partial charge in [0.1, 0.15) is 13.5 Å². The van der Waals surface area contributed by atoms with Crippen LogP contribution in [0.4, 0.5) is 0 Å². The van der Waals surface area contributed by atoms with E-state index in [-0.39, 0.29) is 11.0 Å². The molecule has 0 unspecified atom stereocenters. The van der Waals surface area contributed by atoms with Crippen molar-refractivity contribution in [1.82, 2.24) is 4.90 Å². The van der Waals surface area contributed by atoms with E-state index in [1.54, 1.807) is 0 Å². The largest absolute Gasteiger partial charge is 0.364 e. The predicted molar refractivity (Wildman–Crippen MR) is 45.7 cm³/mol. The summed E-state index contributed by atoms with van der Waals surface area (Å²) in [6.07, 6.45) is 0. The molecule has 0 aliphatic carbocycles. The molecular formula is C9H17NO2. The zero-order valence-electron chi connectivity index (χ0n) is 8.09. The minimum Gasteiger partial charge on any atom is -0.364 e. The Morgan fingerprint density at radius 3 is 1.92 bits per heavy atom. The molecule has 0 aromatic rings. The Bertz CT molecular complexity index is 175. The van der Waals surface area contributed by atoms with Crippen LogP contribution in [0.25, 0.3) is 0 Å². The lowest BCUT2D eigenvalue weighted by Crippen LogP contribution is -2.53. The van der Waals surface area contributed by atoms with E-state index in [1.807, 2.05) is 0 Å². The van der Waals surface area contributed by atoms with Gasteiger partial charge in [-0.3, -0.25) is 0 Å². The second kappa shape index (κ2) is 2.44. The summed E-state index contributed by atoms with van der Waals surface area (Å²) in [5.41, 5.74) is 0.368. The van der Waals surface area contributed by atoms with E-state index in [0.29, 0.717) is 0 Å². The van der Waals surface area contributed by atoms with E-state index in [1.165, 1.54) is 0 Å². The molecule has 3 heteroatoms. The van der Waals surface area contributed by atoms with Gasteiger partial charge in [-0.25, -0.2) is 4.90 Å². The smallest absolute Gasteiger partial charge is 0.101 e. The minimum absolute atomic E-state index is 0.132. The predicted octanol–water partition coefficient (Wildman–Crippen LogP) is 1.05. The van der Waals surface area contributed by atoms with Gasteiger partial charge in [0, 0.05) is 0 Å². The van der Waals surface area contributed by atoms with Crippen molar-refractivity contribution in [1.29, 1.82) is 0 Å². The van der Waals surface area contributed by atoms with Crippen molar-refractivity contribution in [2.24, 2.45) is 5.41 Å². The summed E-state index contributed by atoms with van der Waals surface area (Å²) in [5, 5.41) is 0. The van der Waals surface area contributed by atoms with Gasteiger partial charge in [-0.1, -0.05) is 20.8 Å². The number of hydrogen-bond donors (Lipinski definition) is 0. The van der Waals surface area contributed by atoms with Crippen molar-refractivity contribution in [3.05, 3.63) is 0 Å². The van der Waals surface area contributed by atoms with Gasteiger partial charge < -0.3 is 9.47 Å². The standard InChI is InChI=1S/C9H17NO2/c1-8(2,3)9-4-11-6-10(9)7-12-5-9/h4-7H2,1-3H3. The Balaban J connectivity index is 2.28. The molecule has 0 amide bonds. The Morgan fingerprint density at radius 1 is 1.08 bits per heavy atom. The molecule has 2 saturated heterocycles. The van der Waals surface area contributed by atoms with Gasteiger partial charge in [0.15, 0.2) is 0 Å². The molecule has 2 aliphatic rings. The number of nitrogens with zero attached hydrogens (tertiary/aromatic N) is 1. The van der Waals surface area contributed by atoms with Gasteiger partial charge in [0.2, 0.25) is 0 Å². The summed E-state index contributed by atoms with van der Waals surface area (Å²) in [6, 6.07) is 0. The van der Waals surface area contributed by atoms with Crippen molar-refractivity contribution < 1.29 is 9.47 Å². The molecule has 2 rings (SSSR count). The molecule has 70 valence electrons. The van der Waals surface area contributed by atoms with Gasteiger partial charge in [0.25, 0.3) is 0 Å². The zero-order valence-corrected chi connectivity index (χ0v) is 8.09. The van der Waals surface area contributed by atoms with Crippen LogP contribution in [0.1, 0.15) is 20.8 Å². The highest BCUT2D eigenvalue weighted by Crippen LogP contribution is 2.42. The van der Waals surface area contributed by atoms with Crippen LogP contribution in [0.5, 0.6) is 0 Å². The molecule has 0 aromatic heterocycles. The molecular weight excluding hydrogens is 154 g/mol. The molecule has 0 aromatic carbocycles. The van der Waals surface area contributed by atoms with E-state index < -0.39 is 0 Å². The second-order valence-corrected chi connectivity index (χ2v) is 4.78. The Labute approximate surface area is 73.6 Å². The first-order valence-electron chi connectivity index (χ1n) is 4.47. The van der Waals surface area contributed by atoms with E-state index >= 15 is 0 Å². The van der Waals surface area contributed by atoms with E-state index in [2.05, 4.69) is 25.7 Å². The number of ether oxygens (including phenoxy) is 2. The van der Waals surface area contributed by atoms with Crippen LogP contribution >= 0.6 is 0 Å². The molecule has 0 radical (unpaired) electrons. The van der Waals surface area contributed by atoms with Crippen LogP contribution in [0.3, 0.4) is 0 Å². The zero-order chi connectivity index (χ0) is 8.82. The molecule has 2 heterocycles. The first kappa shape index (κ1) is 8.48. The summed E-state index contributed by atoms with van der Waals surface area (Å²) in [7, 11) is 0. The Morgan fingerprint density at radius 2 is 1.58 bits per heavy atom. The maximum absolute atomic E-state index is 5.49. The van der Waals surface area contributed by atoms with Crippen molar-refractivity contribution in [3.63, 3.8) is 0 Å². The average Bonchev–Trinajstić information content (AvgIpc) is 2.37. The second-order valence-electron chi connectivity index (χ2n) is 4.78. The third-order valence-corrected chi connectivity index (χ3v) is 3.18. The average molecular weight is 171 g/mol. The van der Waals surface area contributed by atoms with Crippen molar-refractivity contribution in [2.45, 2.75) is 26.3 Å². The Kier molecular flexibility index (Phi) is 1.72. The van der Waals surface area contributed by atoms with E-state index in [9.17, 15) is 0 Å². The number of fused-ring (bicyclic) bond motifs is 1. The summed E-state index contributed by atoms with van der Waals surface area (Å²) in [5.74, 6) is 0. The van der Waals surface area contributed by atoms with Crippen LogP contribution in [-0.2, 0) is 9.47 Å². The van der Waals surface area contributed by atoms with Gasteiger partial charge in [0.05, 0.1) is 18.8 Å². The maximum Gasteiger partial charge on any atom is 0.101 e. The fourth-order valence-electron chi connectivity index (χ4n) is 2.07. The van der Waals surface area contributed by atoms with E-state index in [0.717, 1.165) is 26.7 Å². The highest BCUT2D eigenvalue weighted by Gasteiger charge is 2.53. The molecule has 0 bridgehead atoms. The number of rotatable bonds is 0. The molecule has 3 nitrogen and oxygen atoms in total. The van der Waals surface area contributed by atoms with Gasteiger partial charge in [-0.2, -0.15) is 0 Å². The van der Waals surface area contributed by atoms with Gasteiger partial charge >= 0.3 is 0 Å². The summed E-state index contributed by atoms with van der Waals surface area (Å²) < 4.78 is 11.0. The SMILES string of the molecule is CC(C)(C)C12COCN1COC2. The van der Waals surface area contributed by atoms with Gasteiger partial charge in [-0.05, 0) is 5.41 Å². The topological polar surface area (TPSA) is 21.7 Å². The molecule has 0 spiro atoms. The molecule has 2 fully saturated rings. The third-order valence-electron chi connectivity index (χ3n) is 3.18. The highest BCUT2D eigenvalue weighted by atomic mass is 16.6. The summed E-state index contributed by atoms with van der Waals surface area (Å²) >= 11 is 0. The molecule has 0 saturated carbocycles. The fraction of sp³-hybridized carbons (Fsp3) is 1.00. The quantitative estimate of drug-likeness (QED) is 0.543. The molecule has 0 N–H and O–H groups in total. The van der Waals surface area contributed by atoms with Crippen molar-refractivity contribution in [2.75, 3.05) is 26.7 Å². The lowest BCUT2D eigenvalue weighted by molar-refractivity contribution is 0.0681. The Hall–Kier alpha value is -0.120.